The summed E-state index contributed by atoms with van der Waals surface area (Å²) in [5.41, 5.74) is 3.38. The van der Waals surface area contributed by atoms with Gasteiger partial charge in [0.15, 0.2) is 0 Å². The highest BCUT2D eigenvalue weighted by molar-refractivity contribution is 5.82. The van der Waals surface area contributed by atoms with E-state index in [9.17, 15) is 9.18 Å². The molecule has 0 unspecified atom stereocenters. The Hall–Kier alpha value is -2.86. The predicted molar refractivity (Wildman–Crippen MR) is 110 cm³/mol. The average Bonchev–Trinajstić information content (AvgIpc) is 3.21. The Bertz CT molecular complexity index is 929. The number of aromatic amines is 1. The van der Waals surface area contributed by atoms with Crippen molar-refractivity contribution in [2.45, 2.75) is 13.0 Å². The average molecular weight is 380 g/mol. The Balaban J connectivity index is 1.21. The van der Waals surface area contributed by atoms with Gasteiger partial charge < -0.3 is 20.1 Å². The number of halogens is 1. The van der Waals surface area contributed by atoms with Gasteiger partial charge >= 0.3 is 0 Å². The van der Waals surface area contributed by atoms with Crippen LogP contribution in [0.5, 0.6) is 0 Å². The fourth-order valence-electron chi connectivity index (χ4n) is 3.75. The lowest BCUT2D eigenvalue weighted by molar-refractivity contribution is -0.131. The molecule has 0 atom stereocenters. The summed E-state index contributed by atoms with van der Waals surface area (Å²) in [6.45, 7) is 4.39. The van der Waals surface area contributed by atoms with Gasteiger partial charge in [-0.15, -0.1) is 0 Å². The van der Waals surface area contributed by atoms with Crippen molar-refractivity contribution < 1.29 is 9.18 Å². The minimum atomic E-state index is -0.224. The number of fused-ring (bicyclic) bond motifs is 1. The quantitative estimate of drug-likeness (QED) is 0.646. The van der Waals surface area contributed by atoms with E-state index in [0.29, 0.717) is 26.1 Å². The number of benzene rings is 2. The van der Waals surface area contributed by atoms with Crippen LogP contribution in [0, 0.1) is 5.82 Å². The lowest BCUT2D eigenvalue weighted by Crippen LogP contribution is -2.49. The minimum absolute atomic E-state index is 0.186. The summed E-state index contributed by atoms with van der Waals surface area (Å²) in [5.74, 6) is -0.0380. The van der Waals surface area contributed by atoms with Gasteiger partial charge in [0.05, 0.1) is 0 Å². The topological polar surface area (TPSA) is 51.4 Å². The molecule has 2 N–H and O–H groups in total. The van der Waals surface area contributed by atoms with Crippen molar-refractivity contribution >= 4 is 22.5 Å². The highest BCUT2D eigenvalue weighted by Gasteiger charge is 2.20. The molecule has 2 heterocycles. The first kappa shape index (κ1) is 18.5. The van der Waals surface area contributed by atoms with Gasteiger partial charge in [-0.05, 0) is 42.0 Å². The van der Waals surface area contributed by atoms with E-state index in [-0.39, 0.29) is 11.7 Å². The molecule has 0 aliphatic carbocycles. The molecule has 1 aliphatic heterocycles. The van der Waals surface area contributed by atoms with Crippen molar-refractivity contribution in [3.8, 4) is 0 Å². The predicted octanol–water partition coefficient (Wildman–Crippen LogP) is 3.14. The lowest BCUT2D eigenvalue weighted by atomic mass is 10.1. The SMILES string of the molecule is O=C(CCNCc1cccc2[nH]ccc12)N1CCN(c2ccc(F)cc2)CC1. The van der Waals surface area contributed by atoms with Gasteiger partial charge in [0.25, 0.3) is 0 Å². The first-order chi connectivity index (χ1) is 13.7. The number of piperazine rings is 1. The van der Waals surface area contributed by atoms with Crippen LogP contribution in [0.3, 0.4) is 0 Å². The lowest BCUT2D eigenvalue weighted by Gasteiger charge is -2.36. The van der Waals surface area contributed by atoms with Crippen molar-refractivity contribution in [2.24, 2.45) is 0 Å². The van der Waals surface area contributed by atoms with Crippen LogP contribution in [0.2, 0.25) is 0 Å². The third-order valence-electron chi connectivity index (χ3n) is 5.34. The van der Waals surface area contributed by atoms with Crippen LogP contribution in [0.1, 0.15) is 12.0 Å². The fourth-order valence-corrected chi connectivity index (χ4v) is 3.75. The monoisotopic (exact) mass is 380 g/mol. The van der Waals surface area contributed by atoms with Crippen LogP contribution in [0.4, 0.5) is 10.1 Å². The molecule has 1 fully saturated rings. The van der Waals surface area contributed by atoms with Crippen LogP contribution in [0.25, 0.3) is 10.9 Å². The molecule has 0 spiro atoms. The van der Waals surface area contributed by atoms with Crippen molar-refractivity contribution in [2.75, 3.05) is 37.6 Å². The minimum Gasteiger partial charge on any atom is -0.368 e. The summed E-state index contributed by atoms with van der Waals surface area (Å²) < 4.78 is 13.1. The molecule has 2 aromatic carbocycles. The summed E-state index contributed by atoms with van der Waals surface area (Å²) in [6, 6.07) is 14.8. The number of anilines is 1. The summed E-state index contributed by atoms with van der Waals surface area (Å²) in [4.78, 5) is 19.8. The second-order valence-corrected chi connectivity index (χ2v) is 7.13. The number of nitrogens with zero attached hydrogens (tertiary/aromatic N) is 2. The maximum atomic E-state index is 13.1. The van der Waals surface area contributed by atoms with Crippen LogP contribution in [0.15, 0.2) is 54.7 Å². The van der Waals surface area contributed by atoms with Gasteiger partial charge in [-0.3, -0.25) is 4.79 Å². The van der Waals surface area contributed by atoms with Gasteiger partial charge in [-0.25, -0.2) is 4.39 Å². The molecule has 1 aromatic heterocycles. The van der Waals surface area contributed by atoms with E-state index < -0.39 is 0 Å². The van der Waals surface area contributed by atoms with Crippen molar-refractivity contribution in [3.63, 3.8) is 0 Å². The molecule has 0 radical (unpaired) electrons. The number of carbonyl (C=O) groups excluding carboxylic acids is 1. The van der Waals surface area contributed by atoms with E-state index >= 15 is 0 Å². The van der Waals surface area contributed by atoms with Crippen molar-refractivity contribution in [1.29, 1.82) is 0 Å². The highest BCUT2D eigenvalue weighted by atomic mass is 19.1. The van der Waals surface area contributed by atoms with Crippen molar-refractivity contribution in [3.05, 3.63) is 66.1 Å². The standard InChI is InChI=1S/C22H25FN4O/c23-18-4-6-19(7-5-18)26-12-14-27(15-13-26)22(28)9-10-24-16-17-2-1-3-21-20(17)8-11-25-21/h1-8,11,24-25H,9-10,12-16H2. The zero-order valence-electron chi connectivity index (χ0n) is 15.8. The summed E-state index contributed by atoms with van der Waals surface area (Å²) in [7, 11) is 0. The smallest absolute Gasteiger partial charge is 0.223 e. The molecule has 0 saturated carbocycles. The fraction of sp³-hybridized carbons (Fsp3) is 0.318. The zero-order valence-corrected chi connectivity index (χ0v) is 15.8. The Kier molecular flexibility index (Phi) is 5.58. The van der Waals surface area contributed by atoms with Gasteiger partial charge in [-0.1, -0.05) is 12.1 Å². The number of carbonyl (C=O) groups is 1. The molecule has 146 valence electrons. The number of hydrogen-bond donors (Lipinski definition) is 2. The molecule has 4 rings (SSSR count). The maximum absolute atomic E-state index is 13.1. The van der Waals surface area contributed by atoms with Crippen LogP contribution in [-0.4, -0.2) is 48.5 Å². The number of H-pyrrole nitrogens is 1. The molecular formula is C22H25FN4O. The first-order valence-electron chi connectivity index (χ1n) is 9.75. The Labute approximate surface area is 164 Å². The van der Waals surface area contributed by atoms with E-state index in [1.165, 1.54) is 23.1 Å². The summed E-state index contributed by atoms with van der Waals surface area (Å²) in [5, 5.41) is 4.61. The third-order valence-corrected chi connectivity index (χ3v) is 5.34. The summed E-state index contributed by atoms with van der Waals surface area (Å²) >= 11 is 0. The molecule has 1 saturated heterocycles. The Morgan fingerprint density at radius 1 is 1.04 bits per heavy atom. The van der Waals surface area contributed by atoms with E-state index in [2.05, 4.69) is 33.4 Å². The van der Waals surface area contributed by atoms with E-state index in [4.69, 9.17) is 0 Å². The molecular weight excluding hydrogens is 355 g/mol. The van der Waals surface area contributed by atoms with E-state index in [0.717, 1.165) is 30.8 Å². The number of nitrogens with one attached hydrogen (secondary N) is 2. The Morgan fingerprint density at radius 3 is 2.61 bits per heavy atom. The first-order valence-corrected chi connectivity index (χ1v) is 9.75. The molecule has 0 bridgehead atoms. The van der Waals surface area contributed by atoms with Gasteiger partial charge in [0.1, 0.15) is 5.82 Å². The third kappa shape index (κ3) is 4.17. The molecule has 28 heavy (non-hydrogen) atoms. The second-order valence-electron chi connectivity index (χ2n) is 7.13. The second kappa shape index (κ2) is 8.44. The van der Waals surface area contributed by atoms with Gasteiger partial charge in [0, 0.05) is 68.5 Å². The normalized spacial score (nSPS) is 14.6. The molecule has 6 heteroatoms. The summed E-state index contributed by atoms with van der Waals surface area (Å²) in [6.07, 6.45) is 2.45. The zero-order chi connectivity index (χ0) is 19.3. The molecule has 1 amide bonds. The molecule has 3 aromatic rings. The van der Waals surface area contributed by atoms with Crippen LogP contribution >= 0.6 is 0 Å². The van der Waals surface area contributed by atoms with Gasteiger partial charge in [0.2, 0.25) is 5.91 Å². The van der Waals surface area contributed by atoms with Crippen LogP contribution in [-0.2, 0) is 11.3 Å². The largest absolute Gasteiger partial charge is 0.368 e. The number of amides is 1. The number of aromatic nitrogens is 1. The maximum Gasteiger partial charge on any atom is 0.223 e. The van der Waals surface area contributed by atoms with E-state index in [1.54, 1.807) is 12.1 Å². The molecule has 5 nitrogen and oxygen atoms in total. The molecule has 1 aliphatic rings. The Morgan fingerprint density at radius 2 is 1.82 bits per heavy atom. The van der Waals surface area contributed by atoms with E-state index in [1.807, 2.05) is 17.2 Å². The van der Waals surface area contributed by atoms with Crippen molar-refractivity contribution in [1.82, 2.24) is 15.2 Å². The number of rotatable bonds is 6. The highest BCUT2D eigenvalue weighted by Crippen LogP contribution is 2.18. The number of hydrogen-bond acceptors (Lipinski definition) is 3. The van der Waals surface area contributed by atoms with Crippen LogP contribution < -0.4 is 10.2 Å². The van der Waals surface area contributed by atoms with Gasteiger partial charge in [-0.2, -0.15) is 0 Å².